The standard InChI is InChI=1S/C21H22BrF3NO4P/c22-17-5-1-3-15(11-17)4-2-10-29-19-7-6-16(12-18(19)21(23,24)25)8-9-20(26,13-27)14-30-31-28/h1,3,5-9,11-12,27H,2,4,10,13-14,26H2/b9-8+. The maximum absolute atomic E-state index is 13.5. The van der Waals surface area contributed by atoms with Gasteiger partial charge in [0.05, 0.1) is 30.9 Å². The Morgan fingerprint density at radius 1 is 1.19 bits per heavy atom. The molecule has 3 N–H and O–H groups in total. The molecule has 0 bridgehead atoms. The van der Waals surface area contributed by atoms with Gasteiger partial charge in [-0.3, -0.25) is 4.52 Å². The molecule has 0 saturated carbocycles. The SMILES string of the molecule is NC(/C=C/c1ccc(OCCCc2cccc(Br)c2)c(C(F)(F)F)c1)(CO)COP=O. The van der Waals surface area contributed by atoms with E-state index in [2.05, 4.69) is 20.5 Å². The van der Waals surface area contributed by atoms with Crippen LogP contribution in [0.25, 0.3) is 6.08 Å². The summed E-state index contributed by atoms with van der Waals surface area (Å²) in [6.07, 6.45) is -0.725. The van der Waals surface area contributed by atoms with E-state index in [0.717, 1.165) is 16.1 Å². The summed E-state index contributed by atoms with van der Waals surface area (Å²) in [5.74, 6) is -0.256. The quantitative estimate of drug-likeness (QED) is 0.306. The molecule has 0 fully saturated rings. The van der Waals surface area contributed by atoms with Crippen molar-refractivity contribution in [3.05, 3.63) is 69.7 Å². The zero-order valence-corrected chi connectivity index (χ0v) is 18.9. The number of benzene rings is 2. The lowest BCUT2D eigenvalue weighted by Crippen LogP contribution is -2.45. The molecule has 168 valence electrons. The van der Waals surface area contributed by atoms with E-state index in [1.165, 1.54) is 24.3 Å². The first-order chi connectivity index (χ1) is 14.7. The summed E-state index contributed by atoms with van der Waals surface area (Å²) in [6, 6.07) is 11.4. The molecule has 0 amide bonds. The van der Waals surface area contributed by atoms with Gasteiger partial charge in [0, 0.05) is 4.47 Å². The van der Waals surface area contributed by atoms with Gasteiger partial charge in [-0.15, -0.1) is 0 Å². The normalized spacial score (nSPS) is 14.1. The Bertz CT molecular complexity index is 910. The lowest BCUT2D eigenvalue weighted by atomic mass is 10.0. The Hall–Kier alpha value is -1.77. The van der Waals surface area contributed by atoms with E-state index < -0.39 is 32.6 Å². The second-order valence-electron chi connectivity index (χ2n) is 6.91. The molecule has 0 saturated heterocycles. The summed E-state index contributed by atoms with van der Waals surface area (Å²) < 4.78 is 62.0. The minimum atomic E-state index is -4.61. The van der Waals surface area contributed by atoms with Crippen molar-refractivity contribution < 1.29 is 32.1 Å². The van der Waals surface area contributed by atoms with Gasteiger partial charge in [-0.05, 0) is 48.2 Å². The van der Waals surface area contributed by atoms with Crippen molar-refractivity contribution in [1.82, 2.24) is 0 Å². The second-order valence-corrected chi connectivity index (χ2v) is 8.23. The fraction of sp³-hybridized carbons (Fsp3) is 0.333. The van der Waals surface area contributed by atoms with Crippen LogP contribution < -0.4 is 10.5 Å². The topological polar surface area (TPSA) is 81.8 Å². The van der Waals surface area contributed by atoms with Crippen LogP contribution in [0.15, 0.2) is 53.0 Å². The average molecular weight is 520 g/mol. The zero-order chi connectivity index (χ0) is 22.9. The van der Waals surface area contributed by atoms with Crippen LogP contribution in [0, 0.1) is 0 Å². The number of ether oxygens (including phenoxy) is 1. The van der Waals surface area contributed by atoms with Crippen molar-refractivity contribution in [3.8, 4) is 5.75 Å². The number of rotatable bonds is 11. The van der Waals surface area contributed by atoms with E-state index in [1.807, 2.05) is 24.3 Å². The van der Waals surface area contributed by atoms with Crippen molar-refractivity contribution >= 4 is 30.7 Å². The van der Waals surface area contributed by atoms with E-state index in [4.69, 9.17) is 10.5 Å². The molecule has 2 aromatic carbocycles. The van der Waals surface area contributed by atoms with Crippen LogP contribution in [0.1, 0.15) is 23.1 Å². The number of alkyl halides is 3. The van der Waals surface area contributed by atoms with Gasteiger partial charge in [-0.2, -0.15) is 13.2 Å². The predicted octanol–water partition coefficient (Wildman–Crippen LogP) is 5.41. The van der Waals surface area contributed by atoms with E-state index in [9.17, 15) is 22.8 Å². The second kappa shape index (κ2) is 11.7. The van der Waals surface area contributed by atoms with Gasteiger partial charge >= 0.3 is 14.9 Å². The largest absolute Gasteiger partial charge is 0.493 e. The third-order valence-electron chi connectivity index (χ3n) is 4.35. The molecule has 0 spiro atoms. The summed E-state index contributed by atoms with van der Waals surface area (Å²) in [7, 11) is -0.610. The molecule has 10 heteroatoms. The Kier molecular flexibility index (Phi) is 9.65. The van der Waals surface area contributed by atoms with Gasteiger partial charge < -0.3 is 15.6 Å². The first kappa shape index (κ1) is 25.5. The predicted molar refractivity (Wildman–Crippen MR) is 116 cm³/mol. The van der Waals surface area contributed by atoms with Crippen LogP contribution in [0.4, 0.5) is 13.2 Å². The highest BCUT2D eigenvalue weighted by molar-refractivity contribution is 9.10. The van der Waals surface area contributed by atoms with E-state index in [-0.39, 0.29) is 24.5 Å². The van der Waals surface area contributed by atoms with E-state index in [1.54, 1.807) is 0 Å². The zero-order valence-electron chi connectivity index (χ0n) is 16.4. The molecule has 0 heterocycles. The molecular formula is C21H22BrF3NO4P. The lowest BCUT2D eigenvalue weighted by molar-refractivity contribution is -0.139. The fourth-order valence-corrected chi connectivity index (χ4v) is 3.44. The number of hydrogen-bond donors (Lipinski definition) is 2. The Balaban J connectivity index is 2.08. The van der Waals surface area contributed by atoms with Gasteiger partial charge in [0.2, 0.25) is 0 Å². The maximum atomic E-state index is 13.5. The molecule has 5 nitrogen and oxygen atoms in total. The molecule has 2 rings (SSSR count). The first-order valence-electron chi connectivity index (χ1n) is 9.29. The molecule has 31 heavy (non-hydrogen) atoms. The molecule has 2 aromatic rings. The summed E-state index contributed by atoms with van der Waals surface area (Å²) >= 11 is 3.38. The Morgan fingerprint density at radius 3 is 2.61 bits per heavy atom. The van der Waals surface area contributed by atoms with Gasteiger partial charge in [0.1, 0.15) is 5.75 Å². The summed E-state index contributed by atoms with van der Waals surface area (Å²) in [4.78, 5) is 0. The fourth-order valence-electron chi connectivity index (χ4n) is 2.70. The highest BCUT2D eigenvalue weighted by Crippen LogP contribution is 2.37. The number of aliphatic hydroxyl groups is 1. The number of aliphatic hydroxyl groups excluding tert-OH is 1. The number of aryl methyl sites for hydroxylation is 1. The minimum absolute atomic E-state index is 0.132. The van der Waals surface area contributed by atoms with Crippen LogP contribution in [0.2, 0.25) is 0 Å². The third-order valence-corrected chi connectivity index (χ3v) is 5.08. The van der Waals surface area contributed by atoms with E-state index in [0.29, 0.717) is 12.8 Å². The Labute approximate surface area is 188 Å². The van der Waals surface area contributed by atoms with Crippen molar-refractivity contribution in [2.45, 2.75) is 24.6 Å². The highest BCUT2D eigenvalue weighted by Gasteiger charge is 2.34. The van der Waals surface area contributed by atoms with Crippen molar-refractivity contribution in [2.24, 2.45) is 5.73 Å². The Morgan fingerprint density at radius 2 is 1.97 bits per heavy atom. The van der Waals surface area contributed by atoms with Crippen LogP contribution in [0.5, 0.6) is 5.75 Å². The smallest absolute Gasteiger partial charge is 0.419 e. The van der Waals surface area contributed by atoms with Crippen molar-refractivity contribution in [3.63, 3.8) is 0 Å². The molecule has 0 aliphatic rings. The first-order valence-corrected chi connectivity index (χ1v) is 10.8. The number of nitrogens with two attached hydrogens (primary N) is 1. The highest BCUT2D eigenvalue weighted by atomic mass is 79.9. The minimum Gasteiger partial charge on any atom is -0.493 e. The monoisotopic (exact) mass is 519 g/mol. The van der Waals surface area contributed by atoms with Gasteiger partial charge in [-0.1, -0.05) is 46.3 Å². The van der Waals surface area contributed by atoms with Crippen LogP contribution in [0.3, 0.4) is 0 Å². The van der Waals surface area contributed by atoms with Crippen molar-refractivity contribution in [1.29, 1.82) is 0 Å². The molecule has 0 aliphatic heterocycles. The summed E-state index contributed by atoms with van der Waals surface area (Å²) in [5, 5.41) is 9.37. The van der Waals surface area contributed by atoms with Crippen LogP contribution >= 0.6 is 24.6 Å². The van der Waals surface area contributed by atoms with E-state index >= 15 is 0 Å². The van der Waals surface area contributed by atoms with Crippen LogP contribution in [-0.4, -0.2) is 30.5 Å². The molecule has 0 aromatic heterocycles. The maximum Gasteiger partial charge on any atom is 0.419 e. The molecule has 1 atom stereocenters. The summed E-state index contributed by atoms with van der Waals surface area (Å²) in [5.41, 5.74) is 4.86. The van der Waals surface area contributed by atoms with Gasteiger partial charge in [0.25, 0.3) is 0 Å². The average Bonchev–Trinajstić information content (AvgIpc) is 2.73. The number of hydrogen-bond acceptors (Lipinski definition) is 5. The molecule has 0 aliphatic carbocycles. The molecular weight excluding hydrogens is 498 g/mol. The van der Waals surface area contributed by atoms with Gasteiger partial charge in [0.15, 0.2) is 0 Å². The molecule has 0 radical (unpaired) electrons. The van der Waals surface area contributed by atoms with Gasteiger partial charge in [-0.25, -0.2) is 4.57 Å². The van der Waals surface area contributed by atoms with Crippen LogP contribution in [-0.2, 0) is 21.7 Å². The van der Waals surface area contributed by atoms with Crippen molar-refractivity contribution in [2.75, 3.05) is 19.8 Å². The third kappa shape index (κ3) is 8.35. The lowest BCUT2D eigenvalue weighted by Gasteiger charge is -2.21. The molecule has 1 unspecified atom stereocenters. The summed E-state index contributed by atoms with van der Waals surface area (Å²) in [6.45, 7) is -0.673. The number of halogens is 4.